The van der Waals surface area contributed by atoms with Crippen LogP contribution in [0.1, 0.15) is 18.5 Å². The number of piperidine rings is 1. The van der Waals surface area contributed by atoms with Gasteiger partial charge < -0.3 is 14.1 Å². The highest BCUT2D eigenvalue weighted by molar-refractivity contribution is 6.16. The smallest absolute Gasteiger partial charge is 0.394 e. The molecule has 0 unspecified atom stereocenters. The molecule has 1 saturated heterocycles. The van der Waals surface area contributed by atoms with Crippen LogP contribution in [0.3, 0.4) is 0 Å². The van der Waals surface area contributed by atoms with Crippen LogP contribution in [0.2, 0.25) is 0 Å². The largest absolute Gasteiger partial charge is 0.447 e. The van der Waals surface area contributed by atoms with Gasteiger partial charge in [0.25, 0.3) is 0 Å². The van der Waals surface area contributed by atoms with E-state index in [9.17, 15) is 0 Å². The van der Waals surface area contributed by atoms with Crippen molar-refractivity contribution in [3.8, 4) is 6.08 Å². The Morgan fingerprint density at radius 1 is 1.60 bits per heavy atom. The first kappa shape index (κ1) is 10.8. The predicted octanol–water partition coefficient (Wildman–Crippen LogP) is 1.89. The molecule has 1 aromatic heterocycles. The first-order valence-electron chi connectivity index (χ1n) is 5.13. The number of nitrogens with zero attached hydrogens (tertiary/aromatic N) is 2. The average Bonchev–Trinajstić information content (AvgIpc) is 2.69. The van der Waals surface area contributed by atoms with E-state index in [-0.39, 0.29) is 6.10 Å². The van der Waals surface area contributed by atoms with Gasteiger partial charge in [-0.2, -0.15) is 4.98 Å². The van der Waals surface area contributed by atoms with Gasteiger partial charge in [-0.25, -0.2) is 0 Å². The number of ether oxygens (including phenoxy) is 1. The Hall–Kier alpha value is -0.740. The van der Waals surface area contributed by atoms with E-state index in [0.29, 0.717) is 12.0 Å². The van der Waals surface area contributed by atoms with Crippen molar-refractivity contribution in [3.63, 3.8) is 0 Å². The summed E-state index contributed by atoms with van der Waals surface area (Å²) in [6.45, 7) is 2.13. The number of aromatic nitrogens is 1. The second kappa shape index (κ2) is 4.86. The van der Waals surface area contributed by atoms with Crippen molar-refractivity contribution in [2.45, 2.75) is 24.8 Å². The molecule has 84 valence electrons. The highest BCUT2D eigenvalue weighted by Crippen LogP contribution is 2.18. The molecule has 5 heteroatoms. The van der Waals surface area contributed by atoms with Crippen molar-refractivity contribution < 1.29 is 9.15 Å². The quantitative estimate of drug-likeness (QED) is 0.744. The lowest BCUT2D eigenvalue weighted by atomic mass is 10.1. The van der Waals surface area contributed by atoms with Crippen molar-refractivity contribution in [1.29, 1.82) is 0 Å². The maximum absolute atomic E-state index is 5.62. The van der Waals surface area contributed by atoms with E-state index in [2.05, 4.69) is 16.9 Å². The molecule has 0 amide bonds. The minimum absolute atomic E-state index is 0.225. The van der Waals surface area contributed by atoms with E-state index >= 15 is 0 Å². The standard InChI is InChI=1S/C10H15ClN2O2/c1-13-4-2-9(3-5-13)15-10-12-8(6-11)7-14-10/h7,9H,2-6H2,1H3. The number of halogens is 1. The van der Waals surface area contributed by atoms with Crippen LogP contribution in [-0.2, 0) is 5.88 Å². The Morgan fingerprint density at radius 2 is 2.33 bits per heavy atom. The Bertz CT molecular complexity index is 308. The lowest BCUT2D eigenvalue weighted by Gasteiger charge is -2.27. The third kappa shape index (κ3) is 2.86. The van der Waals surface area contributed by atoms with Gasteiger partial charge in [0.2, 0.25) is 0 Å². The van der Waals surface area contributed by atoms with E-state index in [1.54, 1.807) is 0 Å². The SMILES string of the molecule is CN1CCC(Oc2nc(CCl)co2)CC1. The first-order chi connectivity index (χ1) is 7.28. The second-order valence-corrected chi connectivity index (χ2v) is 4.13. The molecule has 1 aromatic rings. The molecule has 1 fully saturated rings. The van der Waals surface area contributed by atoms with E-state index in [4.69, 9.17) is 20.8 Å². The molecule has 15 heavy (non-hydrogen) atoms. The molecule has 4 nitrogen and oxygen atoms in total. The Morgan fingerprint density at radius 3 is 2.93 bits per heavy atom. The van der Waals surface area contributed by atoms with Crippen molar-refractivity contribution in [2.24, 2.45) is 0 Å². The van der Waals surface area contributed by atoms with E-state index in [1.165, 1.54) is 6.26 Å². The number of rotatable bonds is 3. The van der Waals surface area contributed by atoms with Crippen LogP contribution in [0.25, 0.3) is 0 Å². The lowest BCUT2D eigenvalue weighted by Crippen LogP contribution is -2.35. The fourth-order valence-corrected chi connectivity index (χ4v) is 1.77. The summed E-state index contributed by atoms with van der Waals surface area (Å²) < 4.78 is 10.8. The molecule has 0 aliphatic carbocycles. The fraction of sp³-hybridized carbons (Fsp3) is 0.700. The van der Waals surface area contributed by atoms with Crippen LogP contribution >= 0.6 is 11.6 Å². The number of likely N-dealkylation sites (tertiary alicyclic amines) is 1. The van der Waals surface area contributed by atoms with Gasteiger partial charge >= 0.3 is 6.08 Å². The zero-order valence-corrected chi connectivity index (χ0v) is 9.54. The van der Waals surface area contributed by atoms with Gasteiger partial charge in [0.1, 0.15) is 12.4 Å². The third-order valence-electron chi connectivity index (χ3n) is 2.60. The van der Waals surface area contributed by atoms with Gasteiger partial charge in [-0.05, 0) is 19.9 Å². The van der Waals surface area contributed by atoms with Crippen molar-refractivity contribution in [2.75, 3.05) is 20.1 Å². The summed E-state index contributed by atoms with van der Waals surface area (Å²) in [5.74, 6) is 0.361. The minimum Gasteiger partial charge on any atom is -0.447 e. The van der Waals surface area contributed by atoms with Crippen molar-refractivity contribution in [3.05, 3.63) is 12.0 Å². The molecular formula is C10H15ClN2O2. The Kier molecular flexibility index (Phi) is 3.49. The predicted molar refractivity (Wildman–Crippen MR) is 57.2 cm³/mol. The van der Waals surface area contributed by atoms with Gasteiger partial charge in [0.15, 0.2) is 0 Å². The monoisotopic (exact) mass is 230 g/mol. The third-order valence-corrected chi connectivity index (χ3v) is 2.87. The van der Waals surface area contributed by atoms with Crippen LogP contribution in [0.5, 0.6) is 6.08 Å². The highest BCUT2D eigenvalue weighted by Gasteiger charge is 2.19. The molecular weight excluding hydrogens is 216 g/mol. The summed E-state index contributed by atoms with van der Waals surface area (Å²) in [6, 6.07) is 0. The second-order valence-electron chi connectivity index (χ2n) is 3.86. The summed E-state index contributed by atoms with van der Waals surface area (Å²) in [6.07, 6.45) is 4.16. The maximum atomic E-state index is 5.62. The minimum atomic E-state index is 0.225. The van der Waals surface area contributed by atoms with Crippen LogP contribution in [0.15, 0.2) is 10.7 Å². The van der Waals surface area contributed by atoms with E-state index < -0.39 is 0 Å². The molecule has 2 heterocycles. The van der Waals surface area contributed by atoms with Gasteiger partial charge in [-0.3, -0.25) is 0 Å². The molecule has 0 saturated carbocycles. The highest BCUT2D eigenvalue weighted by atomic mass is 35.5. The molecule has 0 radical (unpaired) electrons. The zero-order valence-electron chi connectivity index (χ0n) is 8.78. The van der Waals surface area contributed by atoms with Gasteiger partial charge in [-0.15, -0.1) is 11.6 Å². The number of hydrogen-bond acceptors (Lipinski definition) is 4. The zero-order chi connectivity index (χ0) is 10.7. The Labute approximate surface area is 94.2 Å². The summed E-state index contributed by atoms with van der Waals surface area (Å²) >= 11 is 5.62. The summed E-state index contributed by atoms with van der Waals surface area (Å²) in [4.78, 5) is 6.40. The molecule has 2 rings (SSSR count). The topological polar surface area (TPSA) is 38.5 Å². The Balaban J connectivity index is 1.86. The molecule has 0 spiro atoms. The first-order valence-corrected chi connectivity index (χ1v) is 5.67. The number of alkyl halides is 1. The maximum Gasteiger partial charge on any atom is 0.394 e. The van der Waals surface area contributed by atoms with Crippen LogP contribution < -0.4 is 4.74 Å². The van der Waals surface area contributed by atoms with Gasteiger partial charge in [0, 0.05) is 13.1 Å². The molecule has 0 bridgehead atoms. The van der Waals surface area contributed by atoms with Crippen LogP contribution in [0, 0.1) is 0 Å². The molecule has 1 aliphatic heterocycles. The fourth-order valence-electron chi connectivity index (χ4n) is 1.65. The molecule has 0 aromatic carbocycles. The van der Waals surface area contributed by atoms with Gasteiger partial charge in [0.05, 0.1) is 11.6 Å². The normalized spacial score (nSPS) is 19.3. The van der Waals surface area contributed by atoms with Crippen molar-refractivity contribution >= 4 is 11.6 Å². The summed E-state index contributed by atoms with van der Waals surface area (Å²) in [7, 11) is 2.12. The average molecular weight is 231 g/mol. The molecule has 1 aliphatic rings. The van der Waals surface area contributed by atoms with Crippen molar-refractivity contribution in [1.82, 2.24) is 9.88 Å². The number of oxazole rings is 1. The molecule has 0 N–H and O–H groups in total. The van der Waals surface area contributed by atoms with E-state index in [0.717, 1.165) is 31.6 Å². The van der Waals surface area contributed by atoms with E-state index in [1.807, 2.05) is 0 Å². The summed E-state index contributed by atoms with van der Waals surface area (Å²) in [5, 5.41) is 0. The van der Waals surface area contributed by atoms with Crippen LogP contribution in [-0.4, -0.2) is 36.1 Å². The van der Waals surface area contributed by atoms with Crippen LogP contribution in [0.4, 0.5) is 0 Å². The number of hydrogen-bond donors (Lipinski definition) is 0. The summed E-state index contributed by atoms with van der Waals surface area (Å²) in [5.41, 5.74) is 0.722. The van der Waals surface area contributed by atoms with Gasteiger partial charge in [-0.1, -0.05) is 0 Å². The lowest BCUT2D eigenvalue weighted by molar-refractivity contribution is 0.0847. The molecule has 0 atom stereocenters.